The second-order valence-electron chi connectivity index (χ2n) is 5.45. The van der Waals surface area contributed by atoms with E-state index in [2.05, 4.69) is 54.5 Å². The van der Waals surface area contributed by atoms with Crippen LogP contribution in [0.2, 0.25) is 0 Å². The fourth-order valence-electron chi connectivity index (χ4n) is 2.16. The molecule has 0 spiro atoms. The molecule has 0 aliphatic heterocycles. The monoisotopic (exact) mass is 342 g/mol. The molecule has 23 heavy (non-hydrogen) atoms. The Labute approximate surface area is 144 Å². The second kappa shape index (κ2) is 7.15. The maximum Gasteiger partial charge on any atom is 0.226 e. The first kappa shape index (κ1) is 16.0. The van der Waals surface area contributed by atoms with Crippen LogP contribution in [0, 0.1) is 13.8 Å². The number of hydrogen-bond acceptors (Lipinski definition) is 4. The van der Waals surface area contributed by atoms with Gasteiger partial charge < -0.3 is 5.32 Å². The Hall–Kier alpha value is -1.85. The lowest BCUT2D eigenvalue weighted by molar-refractivity contribution is -0.115. The molecular weight excluding hydrogens is 324 g/mol. The minimum atomic E-state index is 0.0142. The van der Waals surface area contributed by atoms with Crippen LogP contribution in [0.4, 0.5) is 5.13 Å². The van der Waals surface area contributed by atoms with Gasteiger partial charge in [-0.1, -0.05) is 35.1 Å². The normalized spacial score (nSPS) is 10.9. The van der Waals surface area contributed by atoms with Crippen molar-refractivity contribution in [2.75, 3.05) is 11.1 Å². The molecule has 0 saturated heterocycles. The highest BCUT2D eigenvalue weighted by Crippen LogP contribution is 2.27. The van der Waals surface area contributed by atoms with Crippen molar-refractivity contribution >= 4 is 44.4 Å². The van der Waals surface area contributed by atoms with E-state index in [4.69, 9.17) is 0 Å². The zero-order chi connectivity index (χ0) is 16.2. The van der Waals surface area contributed by atoms with Crippen LogP contribution in [0.1, 0.15) is 17.5 Å². The maximum absolute atomic E-state index is 12.0. The number of nitrogens with one attached hydrogen (secondary N) is 1. The highest BCUT2D eigenvalue weighted by molar-refractivity contribution is 7.99. The van der Waals surface area contributed by atoms with E-state index in [-0.39, 0.29) is 5.91 Å². The van der Waals surface area contributed by atoms with Gasteiger partial charge in [0.15, 0.2) is 5.13 Å². The number of hydrogen-bond donors (Lipinski definition) is 1. The van der Waals surface area contributed by atoms with Crippen molar-refractivity contribution < 1.29 is 4.79 Å². The number of carbonyl (C=O) groups is 1. The quantitative estimate of drug-likeness (QED) is 0.661. The summed E-state index contributed by atoms with van der Waals surface area (Å²) in [6, 6.07) is 14.5. The number of nitrogens with zero attached hydrogens (tertiary/aromatic N) is 1. The van der Waals surface area contributed by atoms with Crippen LogP contribution in [0.25, 0.3) is 10.2 Å². The van der Waals surface area contributed by atoms with Crippen molar-refractivity contribution in [3.8, 4) is 0 Å². The molecule has 0 bridgehead atoms. The number of aromatic nitrogens is 1. The number of thioether (sulfide) groups is 1. The van der Waals surface area contributed by atoms with Gasteiger partial charge in [0, 0.05) is 17.1 Å². The molecule has 1 heterocycles. The highest BCUT2D eigenvalue weighted by Gasteiger charge is 2.08. The summed E-state index contributed by atoms with van der Waals surface area (Å²) >= 11 is 3.22. The Bertz CT molecular complexity index is 825. The molecule has 3 nitrogen and oxygen atoms in total. The highest BCUT2D eigenvalue weighted by atomic mass is 32.2. The van der Waals surface area contributed by atoms with Gasteiger partial charge in [0.2, 0.25) is 5.91 Å². The molecule has 5 heteroatoms. The van der Waals surface area contributed by atoms with Gasteiger partial charge in [-0.05, 0) is 43.7 Å². The minimum Gasteiger partial charge on any atom is -0.302 e. The number of amides is 1. The first-order valence-corrected chi connectivity index (χ1v) is 9.27. The van der Waals surface area contributed by atoms with Crippen molar-refractivity contribution in [1.82, 2.24) is 4.98 Å². The minimum absolute atomic E-state index is 0.0142. The largest absolute Gasteiger partial charge is 0.302 e. The molecule has 0 radical (unpaired) electrons. The number of fused-ring (bicyclic) bond motifs is 1. The second-order valence-corrected chi connectivity index (χ2v) is 7.65. The fourth-order valence-corrected chi connectivity index (χ4v) is 4.00. The summed E-state index contributed by atoms with van der Waals surface area (Å²) in [5, 5.41) is 3.58. The van der Waals surface area contributed by atoms with Crippen LogP contribution in [-0.4, -0.2) is 16.6 Å². The number of benzene rings is 2. The van der Waals surface area contributed by atoms with Gasteiger partial charge in [-0.25, -0.2) is 4.98 Å². The van der Waals surface area contributed by atoms with Crippen LogP contribution in [0.3, 0.4) is 0 Å². The Balaban J connectivity index is 1.53. The molecule has 0 unspecified atom stereocenters. The van der Waals surface area contributed by atoms with Crippen molar-refractivity contribution in [2.24, 2.45) is 0 Å². The van der Waals surface area contributed by atoms with Crippen molar-refractivity contribution in [3.63, 3.8) is 0 Å². The van der Waals surface area contributed by atoms with Crippen LogP contribution in [0.15, 0.2) is 47.4 Å². The third-order valence-corrected chi connectivity index (χ3v) is 5.36. The van der Waals surface area contributed by atoms with Crippen LogP contribution >= 0.6 is 23.1 Å². The summed E-state index contributed by atoms with van der Waals surface area (Å²) in [6.45, 7) is 4.13. The predicted molar refractivity (Wildman–Crippen MR) is 99.5 cm³/mol. The Morgan fingerprint density at radius 2 is 1.87 bits per heavy atom. The summed E-state index contributed by atoms with van der Waals surface area (Å²) in [4.78, 5) is 17.7. The van der Waals surface area contributed by atoms with Crippen molar-refractivity contribution in [1.29, 1.82) is 0 Å². The molecule has 1 amide bonds. The van der Waals surface area contributed by atoms with Gasteiger partial charge in [-0.15, -0.1) is 11.8 Å². The van der Waals surface area contributed by atoms with Gasteiger partial charge in [0.1, 0.15) is 0 Å². The zero-order valence-corrected chi connectivity index (χ0v) is 14.8. The summed E-state index contributed by atoms with van der Waals surface area (Å²) in [5.41, 5.74) is 3.39. The molecule has 3 rings (SSSR count). The van der Waals surface area contributed by atoms with Crippen LogP contribution in [-0.2, 0) is 4.79 Å². The molecule has 118 valence electrons. The summed E-state index contributed by atoms with van der Waals surface area (Å²) in [5.74, 6) is 0.777. The molecule has 1 N–H and O–H groups in total. The van der Waals surface area contributed by atoms with E-state index < -0.39 is 0 Å². The van der Waals surface area contributed by atoms with E-state index in [1.807, 2.05) is 12.1 Å². The molecule has 0 aliphatic carbocycles. The average Bonchev–Trinajstić information content (AvgIpc) is 2.90. The zero-order valence-electron chi connectivity index (χ0n) is 13.1. The van der Waals surface area contributed by atoms with Gasteiger partial charge in [-0.2, -0.15) is 0 Å². The molecule has 0 aliphatic rings. The molecule has 0 saturated carbocycles. The third-order valence-electron chi connectivity index (χ3n) is 3.41. The van der Waals surface area contributed by atoms with Gasteiger partial charge >= 0.3 is 0 Å². The fraction of sp³-hybridized carbons (Fsp3) is 0.222. The molecule has 1 aromatic heterocycles. The molecule has 0 atom stereocenters. The van der Waals surface area contributed by atoms with Gasteiger partial charge in [-0.3, -0.25) is 4.79 Å². The lowest BCUT2D eigenvalue weighted by Gasteiger charge is -2.02. The van der Waals surface area contributed by atoms with Crippen LogP contribution < -0.4 is 5.32 Å². The Kier molecular flexibility index (Phi) is 4.98. The first-order valence-electron chi connectivity index (χ1n) is 7.47. The predicted octanol–water partition coefficient (Wildman–Crippen LogP) is 5.03. The van der Waals surface area contributed by atoms with E-state index in [1.54, 1.807) is 11.8 Å². The van der Waals surface area contributed by atoms with Crippen molar-refractivity contribution in [3.05, 3.63) is 53.6 Å². The molecule has 2 aromatic carbocycles. The molecular formula is C18H18N2OS2. The Morgan fingerprint density at radius 1 is 1.13 bits per heavy atom. The van der Waals surface area contributed by atoms with E-state index in [9.17, 15) is 4.79 Å². The average molecular weight is 342 g/mol. The number of anilines is 1. The summed E-state index contributed by atoms with van der Waals surface area (Å²) in [6.07, 6.45) is 0.480. The summed E-state index contributed by atoms with van der Waals surface area (Å²) < 4.78 is 1.11. The van der Waals surface area contributed by atoms with Crippen molar-refractivity contribution in [2.45, 2.75) is 25.2 Å². The number of aryl methyl sites for hydroxylation is 2. The van der Waals surface area contributed by atoms with E-state index in [0.29, 0.717) is 11.6 Å². The van der Waals surface area contributed by atoms with Gasteiger partial charge in [0.25, 0.3) is 0 Å². The maximum atomic E-state index is 12.0. The standard InChI is InChI=1S/C18H18N2OS2/c1-12-3-6-14(7-4-12)22-10-9-17(21)20-18-19-15-8-5-13(2)11-16(15)23-18/h3-8,11H,9-10H2,1-2H3,(H,19,20,21). The van der Waals surface area contributed by atoms with E-state index >= 15 is 0 Å². The van der Waals surface area contributed by atoms with Crippen LogP contribution in [0.5, 0.6) is 0 Å². The van der Waals surface area contributed by atoms with E-state index in [0.717, 1.165) is 16.0 Å². The Morgan fingerprint density at radius 3 is 2.65 bits per heavy atom. The summed E-state index contributed by atoms with van der Waals surface area (Å²) in [7, 11) is 0. The van der Waals surface area contributed by atoms with E-state index in [1.165, 1.54) is 27.4 Å². The molecule has 0 fully saturated rings. The lowest BCUT2D eigenvalue weighted by Crippen LogP contribution is -2.11. The third kappa shape index (κ3) is 4.33. The topological polar surface area (TPSA) is 42.0 Å². The number of thiazole rings is 1. The lowest BCUT2D eigenvalue weighted by atomic mass is 10.2. The first-order chi connectivity index (χ1) is 11.1. The molecule has 3 aromatic rings. The van der Waals surface area contributed by atoms with Gasteiger partial charge in [0.05, 0.1) is 10.2 Å². The number of rotatable bonds is 5. The SMILES string of the molecule is Cc1ccc(SCCC(=O)Nc2nc3ccc(C)cc3s2)cc1. The smallest absolute Gasteiger partial charge is 0.226 e. The number of carbonyl (C=O) groups excluding carboxylic acids is 1.